The summed E-state index contributed by atoms with van der Waals surface area (Å²) in [6.45, 7) is 10.9. The fourth-order valence-corrected chi connectivity index (χ4v) is 5.68. The maximum absolute atomic E-state index is 12.9. The third-order valence-electron chi connectivity index (χ3n) is 6.36. The lowest BCUT2D eigenvalue weighted by Gasteiger charge is -2.32. The van der Waals surface area contributed by atoms with Crippen LogP contribution in [-0.4, -0.2) is 53.5 Å². The molecule has 1 aliphatic carbocycles. The van der Waals surface area contributed by atoms with E-state index in [4.69, 9.17) is 9.41 Å². The van der Waals surface area contributed by atoms with Gasteiger partial charge in [0, 0.05) is 37.9 Å². The van der Waals surface area contributed by atoms with Gasteiger partial charge in [0.1, 0.15) is 17.2 Å². The van der Waals surface area contributed by atoms with E-state index in [1.54, 1.807) is 25.2 Å². The van der Waals surface area contributed by atoms with Gasteiger partial charge >= 0.3 is 0 Å². The van der Waals surface area contributed by atoms with E-state index in [0.717, 1.165) is 29.4 Å². The van der Waals surface area contributed by atoms with Gasteiger partial charge in [-0.15, -0.1) is 0 Å². The van der Waals surface area contributed by atoms with Gasteiger partial charge in [-0.1, -0.05) is 39.7 Å². The number of nitrogens with one attached hydrogen (secondary N) is 1. The molecule has 1 saturated carbocycles. The summed E-state index contributed by atoms with van der Waals surface area (Å²) in [6, 6.07) is 6.20. The first-order valence-electron chi connectivity index (χ1n) is 12.3. The number of hydrogen-bond acceptors (Lipinski definition) is 6. The van der Waals surface area contributed by atoms with Gasteiger partial charge in [0.25, 0.3) is 5.91 Å². The minimum Gasteiger partial charge on any atom is -0.410 e. The van der Waals surface area contributed by atoms with E-state index in [9.17, 15) is 4.79 Å². The first-order valence-corrected chi connectivity index (χ1v) is 14.7. The maximum Gasteiger partial charge on any atom is 0.270 e. The van der Waals surface area contributed by atoms with Crippen molar-refractivity contribution < 1.29 is 9.22 Å². The zero-order chi connectivity index (χ0) is 25.3. The van der Waals surface area contributed by atoms with E-state index in [0.29, 0.717) is 17.5 Å². The number of anilines is 2. The first kappa shape index (κ1) is 25.3. The van der Waals surface area contributed by atoms with Crippen LogP contribution in [0.1, 0.15) is 74.7 Å². The highest BCUT2D eigenvalue weighted by atomic mass is 28.3. The molecule has 1 fully saturated rings. The molecule has 0 saturated heterocycles. The number of rotatable bonds is 7. The summed E-state index contributed by atoms with van der Waals surface area (Å²) in [4.78, 5) is 28.5. The van der Waals surface area contributed by atoms with E-state index in [-0.39, 0.29) is 23.5 Å². The van der Waals surface area contributed by atoms with Crippen molar-refractivity contribution in [1.82, 2.24) is 24.4 Å². The molecule has 1 radical (unpaired) electrons. The Kier molecular flexibility index (Phi) is 7.28. The van der Waals surface area contributed by atoms with Crippen LogP contribution in [0.3, 0.4) is 0 Å². The van der Waals surface area contributed by atoms with Crippen LogP contribution >= 0.6 is 0 Å². The molecule has 1 aliphatic rings. The zero-order valence-electron chi connectivity index (χ0n) is 21.9. The van der Waals surface area contributed by atoms with Gasteiger partial charge in [-0.25, -0.2) is 9.97 Å². The van der Waals surface area contributed by atoms with Crippen molar-refractivity contribution in [2.24, 2.45) is 5.41 Å². The number of hydrogen-bond donors (Lipinski definition) is 1. The Morgan fingerprint density at radius 1 is 1.17 bits per heavy atom. The fraction of sp³-hybridized carbons (Fsp3) is 0.538. The minimum absolute atomic E-state index is 0.0112. The maximum atomic E-state index is 12.9. The summed E-state index contributed by atoms with van der Waals surface area (Å²) in [5.41, 5.74) is 2.50. The number of fused-ring (bicyclic) bond motifs is 1. The van der Waals surface area contributed by atoms with Crippen LogP contribution in [0.25, 0.3) is 11.0 Å². The number of amides is 1. The molecule has 0 aromatic carbocycles. The molecular weight excluding hydrogens is 456 g/mol. The molecule has 187 valence electrons. The lowest BCUT2D eigenvalue weighted by atomic mass is 9.85. The van der Waals surface area contributed by atoms with Crippen LogP contribution in [0.5, 0.6) is 0 Å². The molecule has 1 unspecified atom stereocenters. The predicted octanol–water partition coefficient (Wildman–Crippen LogP) is 5.74. The van der Waals surface area contributed by atoms with Gasteiger partial charge < -0.3 is 19.2 Å². The molecule has 35 heavy (non-hydrogen) atoms. The molecular formula is C26H37N6O2Si. The smallest absolute Gasteiger partial charge is 0.270 e. The van der Waals surface area contributed by atoms with Gasteiger partial charge in [-0.3, -0.25) is 4.79 Å². The predicted molar refractivity (Wildman–Crippen MR) is 141 cm³/mol. The zero-order valence-corrected chi connectivity index (χ0v) is 22.9. The van der Waals surface area contributed by atoms with E-state index < -0.39 is 9.04 Å². The number of nitrogens with zero attached hydrogens (tertiary/aromatic N) is 5. The molecule has 1 atom stereocenters. The molecule has 1 N–H and O–H groups in total. The van der Waals surface area contributed by atoms with Gasteiger partial charge in [0.15, 0.2) is 0 Å². The molecule has 8 nitrogen and oxygen atoms in total. The van der Waals surface area contributed by atoms with E-state index in [1.807, 2.05) is 18.3 Å². The number of carbonyl (C=O) groups is 1. The normalized spacial score (nSPS) is 15.7. The van der Waals surface area contributed by atoms with E-state index in [2.05, 4.69) is 59.8 Å². The fourth-order valence-electron chi connectivity index (χ4n) is 4.72. The van der Waals surface area contributed by atoms with Crippen LogP contribution in [0.15, 0.2) is 30.6 Å². The quantitative estimate of drug-likeness (QED) is 0.422. The van der Waals surface area contributed by atoms with Crippen LogP contribution in [0, 0.1) is 5.41 Å². The van der Waals surface area contributed by atoms with Gasteiger partial charge in [0.05, 0.1) is 6.10 Å². The molecule has 9 heteroatoms. The van der Waals surface area contributed by atoms with Crippen molar-refractivity contribution in [2.45, 2.75) is 71.7 Å². The minimum atomic E-state index is -0.855. The Morgan fingerprint density at radius 3 is 2.46 bits per heavy atom. The Labute approximate surface area is 209 Å². The largest absolute Gasteiger partial charge is 0.410 e. The van der Waals surface area contributed by atoms with Crippen molar-refractivity contribution in [3.63, 3.8) is 0 Å². The molecule has 0 aliphatic heterocycles. The molecule has 0 bridgehead atoms. The van der Waals surface area contributed by atoms with Crippen molar-refractivity contribution in [2.75, 3.05) is 19.4 Å². The second-order valence-electron chi connectivity index (χ2n) is 10.9. The third kappa shape index (κ3) is 5.56. The second-order valence-corrected chi connectivity index (χ2v) is 12.9. The number of carbonyl (C=O) groups excluding carboxylic acids is 1. The Morgan fingerprint density at radius 2 is 1.89 bits per heavy atom. The summed E-state index contributed by atoms with van der Waals surface area (Å²) in [5.74, 6) is 1.12. The van der Waals surface area contributed by atoms with Crippen molar-refractivity contribution in [3.05, 3.63) is 41.9 Å². The summed E-state index contributed by atoms with van der Waals surface area (Å²) in [6.07, 6.45) is 8.10. The van der Waals surface area contributed by atoms with E-state index in [1.165, 1.54) is 12.8 Å². The van der Waals surface area contributed by atoms with Crippen LogP contribution in [0.2, 0.25) is 13.1 Å². The monoisotopic (exact) mass is 493 g/mol. The third-order valence-corrected chi connectivity index (χ3v) is 7.07. The van der Waals surface area contributed by atoms with E-state index >= 15 is 0 Å². The van der Waals surface area contributed by atoms with Gasteiger partial charge in [0.2, 0.25) is 15.0 Å². The van der Waals surface area contributed by atoms with Crippen molar-refractivity contribution >= 4 is 37.7 Å². The van der Waals surface area contributed by atoms with Gasteiger partial charge in [-0.2, -0.15) is 4.98 Å². The second kappa shape index (κ2) is 10.1. The molecule has 3 aromatic heterocycles. The van der Waals surface area contributed by atoms with Crippen LogP contribution in [-0.2, 0) is 4.43 Å². The summed E-state index contributed by atoms with van der Waals surface area (Å²) in [5, 5.41) is 4.12. The standard InChI is InChI=1S/C26H37N6O2Si/c1-26(2,3)22(34-35(6)7)17-12-13-21(27-15-17)29-25-28-16-18-14-20(24(33)31(4)5)32(23(18)30-25)19-10-8-9-11-19/h12-16,19,22H,8-11H2,1-7H3,(H,27,28,29,30). The average Bonchev–Trinajstić information content (AvgIpc) is 3.44. The Balaban J connectivity index is 1.63. The SMILES string of the molecule is CN(C)C(=O)c1cc2cnc(Nc3ccc(C(O[Si](C)C)C(C)(C)C)cn3)nc2n1C1CCCC1. The Hall–Kier alpha value is -2.78. The van der Waals surface area contributed by atoms with Gasteiger partial charge in [-0.05, 0) is 49.0 Å². The topological polar surface area (TPSA) is 85.2 Å². The molecule has 3 aromatic rings. The summed E-state index contributed by atoms with van der Waals surface area (Å²) in [7, 11) is 2.71. The lowest BCUT2D eigenvalue weighted by Crippen LogP contribution is -2.26. The highest BCUT2D eigenvalue weighted by Crippen LogP contribution is 2.37. The summed E-state index contributed by atoms with van der Waals surface area (Å²) < 4.78 is 8.41. The van der Waals surface area contributed by atoms with Crippen LogP contribution in [0.4, 0.5) is 11.8 Å². The molecule has 1 amide bonds. The van der Waals surface area contributed by atoms with Crippen molar-refractivity contribution in [1.29, 1.82) is 0 Å². The first-order chi connectivity index (χ1) is 16.5. The molecule has 4 rings (SSSR count). The summed E-state index contributed by atoms with van der Waals surface area (Å²) >= 11 is 0. The lowest BCUT2D eigenvalue weighted by molar-refractivity contribution is 0.0815. The number of aromatic nitrogens is 4. The number of pyridine rings is 1. The van der Waals surface area contributed by atoms with Crippen LogP contribution < -0.4 is 5.32 Å². The molecule has 3 heterocycles. The van der Waals surface area contributed by atoms with Crippen molar-refractivity contribution in [3.8, 4) is 0 Å². The average molecular weight is 494 g/mol. The molecule has 0 spiro atoms. The Bertz CT molecular complexity index is 1180. The highest BCUT2D eigenvalue weighted by Gasteiger charge is 2.29. The highest BCUT2D eigenvalue weighted by molar-refractivity contribution is 6.48.